The maximum Gasteiger partial charge on any atom is 0.244 e. The molecule has 0 heterocycles. The molecule has 0 radical (unpaired) electrons. The van der Waals surface area contributed by atoms with E-state index >= 15 is 0 Å². The molecule has 10 heteroatoms. The number of carbonyl (C=O) groups excluding carboxylic acids is 2. The van der Waals surface area contributed by atoms with Gasteiger partial charge in [0.25, 0.3) is 0 Å². The van der Waals surface area contributed by atoms with Gasteiger partial charge in [-0.25, -0.2) is 8.42 Å². The lowest BCUT2D eigenvalue weighted by molar-refractivity contribution is -0.140. The Morgan fingerprint density at radius 1 is 1.06 bits per heavy atom. The summed E-state index contributed by atoms with van der Waals surface area (Å²) in [6.45, 7) is 7.12. The molecular weight excluding hydrogens is 509 g/mol. The van der Waals surface area contributed by atoms with Crippen LogP contribution < -0.4 is 9.62 Å². The average Bonchev–Trinajstić information content (AvgIpc) is 2.75. The molecule has 0 saturated carbocycles. The van der Waals surface area contributed by atoms with E-state index in [2.05, 4.69) is 5.32 Å². The van der Waals surface area contributed by atoms with Crippen molar-refractivity contribution in [2.75, 3.05) is 23.7 Å². The lowest BCUT2D eigenvalue weighted by atomic mass is 10.1. The monoisotopic (exact) mass is 541 g/mol. The van der Waals surface area contributed by atoms with E-state index in [1.54, 1.807) is 0 Å². The number of nitrogens with one attached hydrogen (secondary N) is 1. The standard InChI is InChI=1S/C25H33Cl2N3O4S/c1-6-21(24(32)28-25(2,3)4)29(15-14-18-10-8-7-9-11-18)23(31)17-30(35(5,33)34)22-16-19(26)12-13-20(22)27/h7-13,16,21H,6,14-15,17H2,1-5H3,(H,28,32)/t21-/m0/s1. The summed E-state index contributed by atoms with van der Waals surface area (Å²) in [5.41, 5.74) is 0.602. The summed E-state index contributed by atoms with van der Waals surface area (Å²) in [5, 5.41) is 3.35. The SMILES string of the molecule is CC[C@@H](C(=O)NC(C)(C)C)N(CCc1ccccc1)C(=O)CN(c1cc(Cl)ccc1Cl)S(C)(=O)=O. The Kier molecular flexibility index (Phi) is 10.0. The van der Waals surface area contributed by atoms with Crippen LogP contribution in [-0.4, -0.2) is 56.1 Å². The van der Waals surface area contributed by atoms with E-state index in [0.717, 1.165) is 16.1 Å². The Morgan fingerprint density at radius 3 is 2.23 bits per heavy atom. The van der Waals surface area contributed by atoms with Crippen molar-refractivity contribution in [1.82, 2.24) is 10.2 Å². The van der Waals surface area contributed by atoms with E-state index in [1.807, 2.05) is 58.0 Å². The molecule has 0 unspecified atom stereocenters. The highest BCUT2D eigenvalue weighted by Gasteiger charge is 2.33. The van der Waals surface area contributed by atoms with Crippen molar-refractivity contribution in [2.24, 2.45) is 0 Å². The molecule has 0 spiro atoms. The summed E-state index contributed by atoms with van der Waals surface area (Å²) in [7, 11) is -3.89. The van der Waals surface area contributed by atoms with Gasteiger partial charge in [-0.1, -0.05) is 60.5 Å². The number of rotatable bonds is 10. The van der Waals surface area contributed by atoms with Gasteiger partial charge >= 0.3 is 0 Å². The normalized spacial score (nSPS) is 12.7. The van der Waals surface area contributed by atoms with Gasteiger partial charge in [0.1, 0.15) is 12.6 Å². The van der Waals surface area contributed by atoms with E-state index in [4.69, 9.17) is 23.2 Å². The van der Waals surface area contributed by atoms with Gasteiger partial charge in [-0.3, -0.25) is 13.9 Å². The van der Waals surface area contributed by atoms with Crippen molar-refractivity contribution >= 4 is 50.7 Å². The molecule has 0 aromatic heterocycles. The first-order valence-electron chi connectivity index (χ1n) is 11.3. The predicted octanol–water partition coefficient (Wildman–Crippen LogP) is 4.52. The van der Waals surface area contributed by atoms with Crippen molar-refractivity contribution in [3.8, 4) is 0 Å². The summed E-state index contributed by atoms with van der Waals surface area (Å²) in [5.74, 6) is -0.814. The van der Waals surface area contributed by atoms with Crippen LogP contribution >= 0.6 is 23.2 Å². The van der Waals surface area contributed by atoms with Gasteiger partial charge < -0.3 is 10.2 Å². The lowest BCUT2D eigenvalue weighted by Gasteiger charge is -2.34. The number of benzene rings is 2. The molecule has 2 amide bonds. The highest BCUT2D eigenvalue weighted by Crippen LogP contribution is 2.31. The lowest BCUT2D eigenvalue weighted by Crippen LogP contribution is -2.56. The summed E-state index contributed by atoms with van der Waals surface area (Å²) < 4.78 is 26.3. The minimum atomic E-state index is -3.89. The fraction of sp³-hybridized carbons (Fsp3) is 0.440. The highest BCUT2D eigenvalue weighted by molar-refractivity contribution is 7.92. The molecule has 0 aliphatic heterocycles. The van der Waals surface area contributed by atoms with Gasteiger partial charge in [-0.15, -0.1) is 0 Å². The maximum absolute atomic E-state index is 13.6. The fourth-order valence-electron chi connectivity index (χ4n) is 3.62. The molecule has 2 rings (SSSR count). The summed E-state index contributed by atoms with van der Waals surface area (Å²) in [4.78, 5) is 28.2. The van der Waals surface area contributed by atoms with Crippen molar-refractivity contribution in [1.29, 1.82) is 0 Å². The van der Waals surface area contributed by atoms with Crippen LogP contribution in [0.15, 0.2) is 48.5 Å². The van der Waals surface area contributed by atoms with E-state index in [1.165, 1.54) is 23.1 Å². The van der Waals surface area contributed by atoms with Crippen LogP contribution in [0.1, 0.15) is 39.7 Å². The molecule has 192 valence electrons. The van der Waals surface area contributed by atoms with Crippen LogP contribution in [0.2, 0.25) is 10.0 Å². The van der Waals surface area contributed by atoms with Crippen LogP contribution in [0.25, 0.3) is 0 Å². The van der Waals surface area contributed by atoms with Gasteiger partial charge in [-0.2, -0.15) is 0 Å². The van der Waals surface area contributed by atoms with Crippen molar-refractivity contribution in [2.45, 2.75) is 52.1 Å². The van der Waals surface area contributed by atoms with Crippen LogP contribution in [0.3, 0.4) is 0 Å². The van der Waals surface area contributed by atoms with Crippen LogP contribution in [0.5, 0.6) is 0 Å². The summed E-state index contributed by atoms with van der Waals surface area (Å²) in [6.07, 6.45) is 1.86. The van der Waals surface area contributed by atoms with Gasteiger partial charge in [0.2, 0.25) is 21.8 Å². The molecule has 35 heavy (non-hydrogen) atoms. The Labute approximate surface area is 218 Å². The number of amides is 2. The molecule has 1 atom stereocenters. The van der Waals surface area contributed by atoms with E-state index in [0.29, 0.717) is 12.8 Å². The first-order chi connectivity index (χ1) is 16.2. The number of carbonyl (C=O) groups is 2. The topological polar surface area (TPSA) is 86.8 Å². The van der Waals surface area contributed by atoms with Gasteiger partial charge in [0.15, 0.2) is 0 Å². The molecule has 2 aromatic rings. The second kappa shape index (κ2) is 12.1. The van der Waals surface area contributed by atoms with Gasteiger partial charge in [0, 0.05) is 17.1 Å². The minimum Gasteiger partial charge on any atom is -0.350 e. The summed E-state index contributed by atoms with van der Waals surface area (Å²) in [6, 6.07) is 13.2. The molecule has 0 aliphatic rings. The zero-order valence-electron chi connectivity index (χ0n) is 20.7. The smallest absolute Gasteiger partial charge is 0.244 e. The number of sulfonamides is 1. The molecular formula is C25H33Cl2N3O4S. The molecule has 2 aromatic carbocycles. The zero-order valence-corrected chi connectivity index (χ0v) is 23.0. The van der Waals surface area contributed by atoms with Crippen molar-refractivity contribution in [3.05, 3.63) is 64.1 Å². The fourth-order valence-corrected chi connectivity index (χ4v) is 4.91. The number of nitrogens with zero attached hydrogens (tertiary/aromatic N) is 2. The van der Waals surface area contributed by atoms with Crippen LogP contribution in [0, 0.1) is 0 Å². The average molecular weight is 543 g/mol. The third-order valence-corrected chi connectivity index (χ3v) is 6.91. The third-order valence-electron chi connectivity index (χ3n) is 5.22. The number of halogens is 2. The van der Waals surface area contributed by atoms with Crippen molar-refractivity contribution < 1.29 is 18.0 Å². The van der Waals surface area contributed by atoms with Crippen molar-refractivity contribution in [3.63, 3.8) is 0 Å². The predicted molar refractivity (Wildman–Crippen MR) is 142 cm³/mol. The Hall–Kier alpha value is -2.29. The molecule has 7 nitrogen and oxygen atoms in total. The second-order valence-corrected chi connectivity index (χ2v) is 12.1. The van der Waals surface area contributed by atoms with E-state index in [-0.39, 0.29) is 28.2 Å². The maximum atomic E-state index is 13.6. The summed E-state index contributed by atoms with van der Waals surface area (Å²) >= 11 is 12.3. The number of hydrogen-bond donors (Lipinski definition) is 1. The molecule has 0 bridgehead atoms. The highest BCUT2D eigenvalue weighted by atomic mass is 35.5. The Bertz CT molecular complexity index is 1140. The molecule has 0 saturated heterocycles. The first-order valence-corrected chi connectivity index (χ1v) is 13.9. The van der Waals surface area contributed by atoms with Gasteiger partial charge in [0.05, 0.1) is 17.0 Å². The molecule has 0 fully saturated rings. The minimum absolute atomic E-state index is 0.102. The Morgan fingerprint density at radius 2 is 1.69 bits per heavy atom. The largest absolute Gasteiger partial charge is 0.350 e. The molecule has 1 N–H and O–H groups in total. The number of hydrogen-bond acceptors (Lipinski definition) is 4. The Balaban J connectivity index is 2.42. The quantitative estimate of drug-likeness (QED) is 0.478. The van der Waals surface area contributed by atoms with Crippen LogP contribution in [0.4, 0.5) is 5.69 Å². The zero-order chi connectivity index (χ0) is 26.4. The number of anilines is 1. The van der Waals surface area contributed by atoms with E-state index in [9.17, 15) is 18.0 Å². The van der Waals surface area contributed by atoms with Crippen LogP contribution in [-0.2, 0) is 26.0 Å². The molecule has 0 aliphatic carbocycles. The first kappa shape index (κ1) is 28.9. The third kappa shape index (κ3) is 8.70. The van der Waals surface area contributed by atoms with E-state index < -0.39 is 34.1 Å². The van der Waals surface area contributed by atoms with Gasteiger partial charge in [-0.05, 0) is 57.4 Å². The second-order valence-electron chi connectivity index (χ2n) is 9.35.